The first-order valence-electron chi connectivity index (χ1n) is 12.5. The van der Waals surface area contributed by atoms with Gasteiger partial charge in [0.25, 0.3) is 5.91 Å². The van der Waals surface area contributed by atoms with Crippen LogP contribution in [0.15, 0.2) is 48.7 Å². The molecule has 1 fully saturated rings. The fourth-order valence-electron chi connectivity index (χ4n) is 4.72. The summed E-state index contributed by atoms with van der Waals surface area (Å²) in [7, 11) is 0. The largest absolute Gasteiger partial charge is 0.381 e. The highest BCUT2D eigenvalue weighted by Crippen LogP contribution is 2.31. The zero-order valence-electron chi connectivity index (χ0n) is 20.9. The van der Waals surface area contributed by atoms with Crippen molar-refractivity contribution >= 4 is 29.4 Å². The topological polar surface area (TPSA) is 120 Å². The van der Waals surface area contributed by atoms with E-state index in [2.05, 4.69) is 26.7 Å². The van der Waals surface area contributed by atoms with Gasteiger partial charge in [0.1, 0.15) is 6.54 Å². The van der Waals surface area contributed by atoms with E-state index in [0.717, 1.165) is 24.0 Å². The molecule has 2 amide bonds. The van der Waals surface area contributed by atoms with Gasteiger partial charge in [-0.3, -0.25) is 9.59 Å². The second kappa shape index (κ2) is 11.2. The minimum atomic E-state index is -0.300. The van der Waals surface area contributed by atoms with Gasteiger partial charge in [0.05, 0.1) is 34.6 Å². The second-order valence-electron chi connectivity index (χ2n) is 9.48. The van der Waals surface area contributed by atoms with Gasteiger partial charge in [-0.2, -0.15) is 5.26 Å². The molecule has 0 aliphatic carbocycles. The Morgan fingerprint density at radius 1 is 1.26 bits per heavy atom. The van der Waals surface area contributed by atoms with Crippen molar-refractivity contribution in [3.63, 3.8) is 0 Å². The van der Waals surface area contributed by atoms with Gasteiger partial charge in [0.2, 0.25) is 11.9 Å². The molecular weight excluding hydrogens is 504 g/mol. The summed E-state index contributed by atoms with van der Waals surface area (Å²) in [5.74, 6) is -0.0124. The minimum absolute atomic E-state index is 0.0709. The number of hydrogen-bond acceptors (Lipinski definition) is 7. The highest BCUT2D eigenvalue weighted by molar-refractivity contribution is 6.33. The van der Waals surface area contributed by atoms with Crippen LogP contribution in [0.3, 0.4) is 0 Å². The molecule has 0 radical (unpaired) electrons. The molecule has 2 N–H and O–H groups in total. The molecule has 0 bridgehead atoms. The third-order valence-electron chi connectivity index (χ3n) is 6.79. The molecule has 1 unspecified atom stereocenters. The van der Waals surface area contributed by atoms with Crippen LogP contribution in [0.1, 0.15) is 52.9 Å². The summed E-state index contributed by atoms with van der Waals surface area (Å²) in [5.41, 5.74) is 3.96. The average molecular weight is 531 g/mol. The summed E-state index contributed by atoms with van der Waals surface area (Å²) in [5, 5.41) is 15.8. The van der Waals surface area contributed by atoms with Crippen molar-refractivity contribution in [2.45, 2.75) is 38.4 Å². The highest BCUT2D eigenvalue weighted by atomic mass is 35.5. The number of nitrogens with zero attached hydrogens (tertiary/aromatic N) is 4. The van der Waals surface area contributed by atoms with Gasteiger partial charge in [0, 0.05) is 36.9 Å². The van der Waals surface area contributed by atoms with Gasteiger partial charge < -0.3 is 20.3 Å². The van der Waals surface area contributed by atoms with Crippen LogP contribution in [0.2, 0.25) is 5.02 Å². The van der Waals surface area contributed by atoms with Crippen molar-refractivity contribution in [1.82, 2.24) is 20.2 Å². The Morgan fingerprint density at radius 2 is 2.08 bits per heavy atom. The monoisotopic (exact) mass is 530 g/mol. The molecule has 1 atom stereocenters. The molecule has 194 valence electrons. The van der Waals surface area contributed by atoms with Crippen LogP contribution >= 0.6 is 11.6 Å². The molecule has 1 saturated heterocycles. The Balaban J connectivity index is 1.26. The maximum Gasteiger partial charge on any atom is 0.254 e. The lowest BCUT2D eigenvalue weighted by Gasteiger charge is -2.23. The first kappa shape index (κ1) is 25.6. The summed E-state index contributed by atoms with van der Waals surface area (Å²) >= 11 is 6.44. The summed E-state index contributed by atoms with van der Waals surface area (Å²) < 4.78 is 5.41. The molecule has 0 spiro atoms. The number of carbonyl (C=O) groups is 2. The van der Waals surface area contributed by atoms with Crippen LogP contribution in [-0.4, -0.2) is 52.5 Å². The van der Waals surface area contributed by atoms with E-state index in [0.29, 0.717) is 53.1 Å². The lowest BCUT2D eigenvalue weighted by atomic mass is 10.0. The molecular formula is C28H27ClN6O3. The molecule has 2 aliphatic heterocycles. The third kappa shape index (κ3) is 5.62. The third-order valence-corrected chi connectivity index (χ3v) is 7.07. The van der Waals surface area contributed by atoms with E-state index < -0.39 is 0 Å². The van der Waals surface area contributed by atoms with Gasteiger partial charge in [-0.05, 0) is 49.1 Å². The SMILES string of the molecule is CC(NC(=O)CN1Cc2ccc(-c3nc(NC4CCOCC4)ncc3Cl)cc2C1=O)c1cccc(C#N)c1. The van der Waals surface area contributed by atoms with Crippen molar-refractivity contribution in [3.8, 4) is 17.3 Å². The molecule has 3 aromatic rings. The van der Waals surface area contributed by atoms with Crippen LogP contribution < -0.4 is 10.6 Å². The number of rotatable bonds is 7. The van der Waals surface area contributed by atoms with Crippen molar-refractivity contribution in [2.24, 2.45) is 0 Å². The van der Waals surface area contributed by atoms with Gasteiger partial charge in [0.15, 0.2) is 0 Å². The number of hydrogen-bond donors (Lipinski definition) is 2. The van der Waals surface area contributed by atoms with Gasteiger partial charge >= 0.3 is 0 Å². The summed E-state index contributed by atoms with van der Waals surface area (Å²) in [6, 6.07) is 14.7. The number of nitrogens with one attached hydrogen (secondary N) is 2. The molecule has 2 aromatic carbocycles. The van der Waals surface area contributed by atoms with E-state index in [4.69, 9.17) is 21.6 Å². The fraction of sp³-hybridized carbons (Fsp3) is 0.321. The number of nitriles is 1. The maximum atomic E-state index is 13.2. The molecule has 9 nitrogen and oxygen atoms in total. The first-order chi connectivity index (χ1) is 18.4. The van der Waals surface area contributed by atoms with Gasteiger partial charge in [-0.15, -0.1) is 0 Å². The maximum absolute atomic E-state index is 13.2. The number of amides is 2. The number of fused-ring (bicyclic) bond motifs is 1. The number of aromatic nitrogens is 2. The Kier molecular flexibility index (Phi) is 7.54. The number of carbonyl (C=O) groups excluding carboxylic acids is 2. The van der Waals surface area contributed by atoms with E-state index in [1.165, 1.54) is 4.90 Å². The van der Waals surface area contributed by atoms with Crippen LogP contribution in [0.25, 0.3) is 11.3 Å². The normalized spacial score (nSPS) is 16.0. The zero-order chi connectivity index (χ0) is 26.6. The summed E-state index contributed by atoms with van der Waals surface area (Å²) in [6.45, 7) is 3.52. The number of ether oxygens (including phenoxy) is 1. The number of anilines is 1. The minimum Gasteiger partial charge on any atom is -0.381 e. The van der Waals surface area contributed by atoms with Crippen molar-refractivity contribution in [2.75, 3.05) is 25.1 Å². The predicted molar refractivity (Wildman–Crippen MR) is 142 cm³/mol. The smallest absolute Gasteiger partial charge is 0.254 e. The van der Waals surface area contributed by atoms with Crippen LogP contribution in [-0.2, 0) is 16.1 Å². The van der Waals surface area contributed by atoms with Gasteiger partial charge in [-0.1, -0.05) is 35.9 Å². The number of halogens is 1. The molecule has 2 aliphatic rings. The molecule has 0 saturated carbocycles. The van der Waals surface area contributed by atoms with E-state index in [-0.39, 0.29) is 30.4 Å². The van der Waals surface area contributed by atoms with Crippen LogP contribution in [0.4, 0.5) is 5.95 Å². The summed E-state index contributed by atoms with van der Waals surface area (Å²) in [6.07, 6.45) is 3.32. The van der Waals surface area contributed by atoms with Crippen LogP contribution in [0.5, 0.6) is 0 Å². The Labute approximate surface area is 225 Å². The van der Waals surface area contributed by atoms with Crippen molar-refractivity contribution in [3.05, 3.63) is 75.9 Å². The molecule has 1 aromatic heterocycles. The van der Waals surface area contributed by atoms with Crippen molar-refractivity contribution in [1.29, 1.82) is 5.26 Å². The molecule has 38 heavy (non-hydrogen) atoms. The molecule has 3 heterocycles. The predicted octanol–water partition coefficient (Wildman–Crippen LogP) is 4.09. The zero-order valence-corrected chi connectivity index (χ0v) is 21.7. The standard InChI is InChI=1S/C28H27ClN6O3/c1-17(19-4-2-3-18(11-19)13-30)32-25(36)16-35-15-21-6-5-20(12-23(21)27(35)37)26-24(29)14-31-28(34-26)33-22-7-9-38-10-8-22/h2-6,11-12,14,17,22H,7-10,15-16H2,1H3,(H,32,36)(H,31,33,34). The Morgan fingerprint density at radius 3 is 2.87 bits per heavy atom. The lowest BCUT2D eigenvalue weighted by Crippen LogP contribution is -2.38. The van der Waals surface area contributed by atoms with E-state index in [1.807, 2.05) is 25.1 Å². The van der Waals surface area contributed by atoms with Crippen molar-refractivity contribution < 1.29 is 14.3 Å². The molecule has 5 rings (SSSR count). The fourth-order valence-corrected chi connectivity index (χ4v) is 4.92. The quantitative estimate of drug-likeness (QED) is 0.472. The second-order valence-corrected chi connectivity index (χ2v) is 9.89. The Hall–Kier alpha value is -4.00. The van der Waals surface area contributed by atoms with E-state index in [9.17, 15) is 9.59 Å². The number of benzene rings is 2. The lowest BCUT2D eigenvalue weighted by molar-refractivity contribution is -0.122. The first-order valence-corrected chi connectivity index (χ1v) is 12.9. The Bertz CT molecular complexity index is 1420. The van der Waals surface area contributed by atoms with E-state index in [1.54, 1.807) is 30.5 Å². The molecule has 10 heteroatoms. The van der Waals surface area contributed by atoms with Gasteiger partial charge in [-0.25, -0.2) is 9.97 Å². The summed E-state index contributed by atoms with van der Waals surface area (Å²) in [4.78, 5) is 36.4. The average Bonchev–Trinajstić information content (AvgIpc) is 3.24. The van der Waals surface area contributed by atoms with E-state index >= 15 is 0 Å². The highest BCUT2D eigenvalue weighted by Gasteiger charge is 2.30. The van der Waals surface area contributed by atoms with Crippen LogP contribution in [0, 0.1) is 11.3 Å².